The lowest BCUT2D eigenvalue weighted by Gasteiger charge is -2.21. The van der Waals surface area contributed by atoms with Crippen molar-refractivity contribution in [3.05, 3.63) is 0 Å². The van der Waals surface area contributed by atoms with Crippen LogP contribution in [-0.4, -0.2) is 34.2 Å². The van der Waals surface area contributed by atoms with E-state index in [0.29, 0.717) is 19.1 Å². The van der Waals surface area contributed by atoms with Gasteiger partial charge < -0.3 is 8.85 Å². The smallest absolute Gasteiger partial charge is 0.347 e. The van der Waals surface area contributed by atoms with Crippen LogP contribution in [0.25, 0.3) is 0 Å². The molecule has 1 atom stereocenters. The van der Waals surface area contributed by atoms with Crippen LogP contribution in [-0.2, 0) is 13.6 Å². The molecule has 0 aliphatic rings. The topological polar surface area (TPSA) is 47.9 Å². The second kappa shape index (κ2) is 9.72. The monoisotopic (exact) mass is 245 g/mol. The van der Waals surface area contributed by atoms with Crippen molar-refractivity contribution in [3.8, 4) is 0 Å². The standard InChI is InChI=1S/C11H23NO3Si/c1-5-14-16(15-6-2)11(12-9-13)8-7-10(3)4/h10-11,16H,5-8H2,1-4H3. The van der Waals surface area contributed by atoms with E-state index in [1.807, 2.05) is 13.8 Å². The Morgan fingerprint density at radius 2 is 1.75 bits per heavy atom. The molecule has 4 nitrogen and oxygen atoms in total. The Labute approximate surface area is 99.9 Å². The quantitative estimate of drug-likeness (QED) is 0.354. The molecular weight excluding hydrogens is 222 g/mol. The highest BCUT2D eigenvalue weighted by Gasteiger charge is 2.25. The summed E-state index contributed by atoms with van der Waals surface area (Å²) in [7, 11) is -1.85. The Morgan fingerprint density at radius 3 is 2.12 bits per heavy atom. The normalized spacial score (nSPS) is 12.9. The third kappa shape index (κ3) is 6.90. The molecular formula is C11H23NO3Si. The average molecular weight is 245 g/mol. The summed E-state index contributed by atoms with van der Waals surface area (Å²) >= 11 is 0. The first kappa shape index (κ1) is 15.5. The molecule has 0 aromatic heterocycles. The van der Waals surface area contributed by atoms with E-state index in [9.17, 15) is 4.79 Å². The first-order valence-electron chi connectivity index (χ1n) is 5.95. The molecule has 0 aromatic rings. The Balaban J connectivity index is 4.36. The summed E-state index contributed by atoms with van der Waals surface area (Å²) in [6.45, 7) is 9.40. The Kier molecular flexibility index (Phi) is 9.43. The van der Waals surface area contributed by atoms with Crippen LogP contribution in [0.2, 0.25) is 0 Å². The Bertz CT molecular complexity index is 211. The maximum atomic E-state index is 10.4. The molecule has 0 aliphatic carbocycles. The van der Waals surface area contributed by atoms with Crippen LogP contribution in [0.15, 0.2) is 4.99 Å². The van der Waals surface area contributed by atoms with Crippen LogP contribution in [0.5, 0.6) is 0 Å². The molecule has 0 saturated carbocycles. The van der Waals surface area contributed by atoms with Crippen molar-refractivity contribution in [2.24, 2.45) is 10.9 Å². The Hall–Kier alpha value is -0.483. The van der Waals surface area contributed by atoms with Gasteiger partial charge in [0, 0.05) is 13.2 Å². The van der Waals surface area contributed by atoms with Gasteiger partial charge in [0.1, 0.15) is 5.67 Å². The summed E-state index contributed by atoms with van der Waals surface area (Å²) in [4.78, 5) is 14.2. The van der Waals surface area contributed by atoms with Crippen molar-refractivity contribution < 1.29 is 13.6 Å². The van der Waals surface area contributed by atoms with Gasteiger partial charge in [0.05, 0.1) is 0 Å². The zero-order valence-corrected chi connectivity index (χ0v) is 11.9. The van der Waals surface area contributed by atoms with Gasteiger partial charge in [0.15, 0.2) is 0 Å². The van der Waals surface area contributed by atoms with E-state index in [1.54, 1.807) is 6.08 Å². The van der Waals surface area contributed by atoms with E-state index in [4.69, 9.17) is 8.85 Å². The van der Waals surface area contributed by atoms with Gasteiger partial charge in [-0.05, 0) is 32.6 Å². The molecule has 0 saturated heterocycles. The van der Waals surface area contributed by atoms with Gasteiger partial charge in [-0.1, -0.05) is 13.8 Å². The lowest BCUT2D eigenvalue weighted by molar-refractivity contribution is 0.202. The first-order chi connectivity index (χ1) is 7.65. The fraction of sp³-hybridized carbons (Fsp3) is 0.909. The molecule has 1 unspecified atom stereocenters. The van der Waals surface area contributed by atoms with Crippen LogP contribution in [0.3, 0.4) is 0 Å². The van der Waals surface area contributed by atoms with E-state index in [-0.39, 0.29) is 5.67 Å². The summed E-state index contributed by atoms with van der Waals surface area (Å²) in [6, 6.07) is 0. The zero-order valence-electron chi connectivity index (χ0n) is 10.7. The number of aliphatic imine (C=N–C) groups is 1. The number of isocyanates is 1. The second-order valence-corrected chi connectivity index (χ2v) is 6.21. The van der Waals surface area contributed by atoms with Gasteiger partial charge in [-0.2, -0.15) is 0 Å². The molecule has 0 N–H and O–H groups in total. The molecule has 0 fully saturated rings. The molecule has 0 bridgehead atoms. The maximum Gasteiger partial charge on any atom is 0.347 e. The van der Waals surface area contributed by atoms with E-state index in [2.05, 4.69) is 18.8 Å². The van der Waals surface area contributed by atoms with Crippen molar-refractivity contribution in [2.45, 2.75) is 46.2 Å². The minimum atomic E-state index is -1.85. The summed E-state index contributed by atoms with van der Waals surface area (Å²) in [5, 5.41) is 0. The highest BCUT2D eigenvalue weighted by molar-refractivity contribution is 6.46. The molecule has 0 rings (SSSR count). The fourth-order valence-electron chi connectivity index (χ4n) is 1.43. The highest BCUT2D eigenvalue weighted by atomic mass is 28.3. The lowest BCUT2D eigenvalue weighted by Crippen LogP contribution is -2.36. The summed E-state index contributed by atoms with van der Waals surface area (Å²) < 4.78 is 11.1. The van der Waals surface area contributed by atoms with Gasteiger partial charge in [0.2, 0.25) is 6.08 Å². The summed E-state index contributed by atoms with van der Waals surface area (Å²) in [5.41, 5.74) is -0.0974. The van der Waals surface area contributed by atoms with Crippen LogP contribution in [0, 0.1) is 5.92 Å². The van der Waals surface area contributed by atoms with E-state index < -0.39 is 9.28 Å². The third-order valence-corrected chi connectivity index (χ3v) is 4.67. The zero-order chi connectivity index (χ0) is 12.4. The number of nitrogens with zero attached hydrogens (tertiary/aromatic N) is 1. The molecule has 94 valence electrons. The molecule has 0 aliphatic heterocycles. The van der Waals surface area contributed by atoms with Gasteiger partial charge in [-0.15, -0.1) is 0 Å². The van der Waals surface area contributed by atoms with Crippen LogP contribution < -0.4 is 0 Å². The SMILES string of the molecule is CCO[SiH](OCC)C(CCC(C)C)N=C=O. The van der Waals surface area contributed by atoms with Gasteiger partial charge >= 0.3 is 9.28 Å². The fourth-order valence-corrected chi connectivity index (χ4v) is 3.28. The van der Waals surface area contributed by atoms with E-state index >= 15 is 0 Å². The van der Waals surface area contributed by atoms with Crippen LogP contribution >= 0.6 is 0 Å². The maximum absolute atomic E-state index is 10.4. The molecule has 0 radical (unpaired) electrons. The highest BCUT2D eigenvalue weighted by Crippen LogP contribution is 2.13. The first-order valence-corrected chi connectivity index (χ1v) is 7.56. The minimum absolute atomic E-state index is 0.0974. The van der Waals surface area contributed by atoms with Gasteiger partial charge in [-0.3, -0.25) is 0 Å². The van der Waals surface area contributed by atoms with E-state index in [1.165, 1.54) is 0 Å². The summed E-state index contributed by atoms with van der Waals surface area (Å²) in [5.74, 6) is 0.599. The molecule has 0 heterocycles. The molecule has 16 heavy (non-hydrogen) atoms. The van der Waals surface area contributed by atoms with Crippen LogP contribution in [0.4, 0.5) is 0 Å². The van der Waals surface area contributed by atoms with Crippen LogP contribution in [0.1, 0.15) is 40.5 Å². The van der Waals surface area contributed by atoms with Crippen molar-refractivity contribution in [3.63, 3.8) is 0 Å². The van der Waals surface area contributed by atoms with E-state index in [0.717, 1.165) is 12.8 Å². The Morgan fingerprint density at radius 1 is 1.19 bits per heavy atom. The molecule has 5 heteroatoms. The third-order valence-electron chi connectivity index (χ3n) is 2.23. The average Bonchev–Trinajstić information content (AvgIpc) is 2.24. The molecule has 0 amide bonds. The van der Waals surface area contributed by atoms with Crippen molar-refractivity contribution in [2.75, 3.05) is 13.2 Å². The molecule has 0 aromatic carbocycles. The predicted octanol–water partition coefficient (Wildman–Crippen LogP) is 1.96. The number of rotatable bonds is 9. The number of carbonyl (C=O) groups excluding carboxylic acids is 1. The van der Waals surface area contributed by atoms with Crippen molar-refractivity contribution in [1.82, 2.24) is 0 Å². The molecule has 0 spiro atoms. The van der Waals surface area contributed by atoms with Gasteiger partial charge in [0.25, 0.3) is 0 Å². The number of hydrogen-bond acceptors (Lipinski definition) is 4. The second-order valence-electron chi connectivity index (χ2n) is 4.04. The van der Waals surface area contributed by atoms with Crippen molar-refractivity contribution >= 4 is 15.4 Å². The summed E-state index contributed by atoms with van der Waals surface area (Å²) in [6.07, 6.45) is 3.52. The lowest BCUT2D eigenvalue weighted by atomic mass is 10.1. The van der Waals surface area contributed by atoms with Crippen molar-refractivity contribution in [1.29, 1.82) is 0 Å². The number of hydrogen-bond donors (Lipinski definition) is 0. The predicted molar refractivity (Wildman–Crippen MR) is 66.4 cm³/mol. The van der Waals surface area contributed by atoms with Gasteiger partial charge in [-0.25, -0.2) is 9.79 Å². The largest absolute Gasteiger partial charge is 0.396 e. The minimum Gasteiger partial charge on any atom is -0.396 e.